The minimum atomic E-state index is 0.463. The number of allylic oxidation sites excluding steroid dienone is 5. The molecule has 2 rings (SSSR count). The lowest BCUT2D eigenvalue weighted by atomic mass is 10.1. The summed E-state index contributed by atoms with van der Waals surface area (Å²) >= 11 is 0. The van der Waals surface area contributed by atoms with Crippen LogP contribution in [0, 0.1) is 6.92 Å². The number of ether oxygens (including phenoxy) is 1. The Labute approximate surface area is 130 Å². The number of aryl methyl sites for hydroxylation is 1. The maximum atomic E-state index is 5.38. The highest BCUT2D eigenvalue weighted by Gasteiger charge is 2.12. The van der Waals surface area contributed by atoms with Crippen molar-refractivity contribution in [2.45, 2.75) is 20.8 Å². The fourth-order valence-corrected chi connectivity index (χ4v) is 2.04. The smallest absolute Gasteiger partial charge is 0.258 e. The van der Waals surface area contributed by atoms with Gasteiger partial charge in [-0.15, -0.1) is 0 Å². The van der Waals surface area contributed by atoms with E-state index in [0.29, 0.717) is 11.7 Å². The number of hydrogen-bond donors (Lipinski definition) is 0. The van der Waals surface area contributed by atoms with Crippen LogP contribution in [0.2, 0.25) is 0 Å². The van der Waals surface area contributed by atoms with Crippen molar-refractivity contribution in [3.63, 3.8) is 0 Å². The average molecular weight is 296 g/mol. The molecule has 0 saturated heterocycles. The molecule has 0 amide bonds. The van der Waals surface area contributed by atoms with Crippen LogP contribution in [0.1, 0.15) is 25.2 Å². The van der Waals surface area contributed by atoms with Gasteiger partial charge in [-0.1, -0.05) is 35.5 Å². The molecule has 0 radical (unpaired) electrons. The molecule has 0 spiro atoms. The van der Waals surface area contributed by atoms with Gasteiger partial charge >= 0.3 is 0 Å². The van der Waals surface area contributed by atoms with Crippen LogP contribution in [-0.2, 0) is 0 Å². The lowest BCUT2D eigenvalue weighted by molar-refractivity contribution is 0.410. The molecule has 22 heavy (non-hydrogen) atoms. The Bertz CT molecular complexity index is 739. The van der Waals surface area contributed by atoms with Gasteiger partial charge in [0.15, 0.2) is 0 Å². The quantitative estimate of drug-likeness (QED) is 0.757. The molecule has 0 bridgehead atoms. The summed E-state index contributed by atoms with van der Waals surface area (Å²) in [5.74, 6) is 1.80. The first-order valence-corrected chi connectivity index (χ1v) is 7.04. The van der Waals surface area contributed by atoms with E-state index in [2.05, 4.69) is 16.7 Å². The van der Waals surface area contributed by atoms with Gasteiger partial charge in [-0.25, -0.2) is 0 Å². The van der Waals surface area contributed by atoms with Gasteiger partial charge in [0.25, 0.3) is 5.89 Å². The second-order valence-electron chi connectivity index (χ2n) is 5.05. The molecule has 0 aliphatic carbocycles. The number of hydrogen-bond acceptors (Lipinski definition) is 4. The van der Waals surface area contributed by atoms with Gasteiger partial charge in [0.05, 0.1) is 7.11 Å². The van der Waals surface area contributed by atoms with Crippen LogP contribution in [0.3, 0.4) is 0 Å². The van der Waals surface area contributed by atoms with E-state index >= 15 is 0 Å². The predicted molar refractivity (Wildman–Crippen MR) is 88.6 cm³/mol. The topological polar surface area (TPSA) is 48.2 Å². The van der Waals surface area contributed by atoms with E-state index in [0.717, 1.165) is 28.0 Å². The second kappa shape index (κ2) is 6.89. The fourth-order valence-electron chi connectivity index (χ4n) is 2.04. The highest BCUT2D eigenvalue weighted by Crippen LogP contribution is 2.27. The average Bonchev–Trinajstić information content (AvgIpc) is 2.96. The zero-order chi connectivity index (χ0) is 16.1. The molecule has 114 valence electrons. The van der Waals surface area contributed by atoms with Gasteiger partial charge in [-0.2, -0.15) is 4.98 Å². The Morgan fingerprint density at radius 1 is 1.36 bits per heavy atom. The molecule has 2 aromatic rings. The van der Waals surface area contributed by atoms with Crippen molar-refractivity contribution >= 4 is 5.57 Å². The molecule has 4 nitrogen and oxygen atoms in total. The minimum Gasteiger partial charge on any atom is -0.496 e. The molecular formula is C18H20N2O2. The van der Waals surface area contributed by atoms with Crippen molar-refractivity contribution in [2.24, 2.45) is 0 Å². The van der Waals surface area contributed by atoms with Gasteiger partial charge in [0.1, 0.15) is 5.75 Å². The second-order valence-corrected chi connectivity index (χ2v) is 5.05. The normalized spacial score (nSPS) is 11.9. The molecule has 1 aromatic carbocycles. The zero-order valence-corrected chi connectivity index (χ0v) is 13.4. The van der Waals surface area contributed by atoms with Crippen molar-refractivity contribution in [1.82, 2.24) is 10.1 Å². The summed E-state index contributed by atoms with van der Waals surface area (Å²) in [5.41, 5.74) is 3.68. The molecule has 0 aliphatic heterocycles. The third-order valence-electron chi connectivity index (χ3n) is 3.09. The molecular weight excluding hydrogens is 276 g/mol. The Balaban J connectivity index is 2.41. The van der Waals surface area contributed by atoms with Crippen molar-refractivity contribution in [2.75, 3.05) is 7.11 Å². The Hall–Kier alpha value is -2.62. The largest absolute Gasteiger partial charge is 0.496 e. The van der Waals surface area contributed by atoms with Crippen LogP contribution in [0.5, 0.6) is 5.75 Å². The molecule has 4 heteroatoms. The minimum absolute atomic E-state index is 0.463. The summed E-state index contributed by atoms with van der Waals surface area (Å²) in [4.78, 5) is 4.46. The van der Waals surface area contributed by atoms with Crippen molar-refractivity contribution in [1.29, 1.82) is 0 Å². The monoisotopic (exact) mass is 296 g/mol. The molecule has 1 heterocycles. The first-order chi connectivity index (χ1) is 10.5. The van der Waals surface area contributed by atoms with E-state index in [-0.39, 0.29) is 0 Å². The molecule has 1 aromatic heterocycles. The van der Waals surface area contributed by atoms with Gasteiger partial charge in [0.2, 0.25) is 5.82 Å². The third-order valence-corrected chi connectivity index (χ3v) is 3.09. The van der Waals surface area contributed by atoms with E-state index in [9.17, 15) is 0 Å². The summed E-state index contributed by atoms with van der Waals surface area (Å²) in [5, 5.41) is 4.05. The van der Waals surface area contributed by atoms with Crippen LogP contribution in [0.25, 0.3) is 17.0 Å². The standard InChI is InChI=1S/C18H20N2O2/c1-6-7-14(10-12(2)3)17-19-18(22-20-17)15-9-8-13(4)16(11-15)21-5/h6-11H,2H2,1,3-5H3/b7-6-,14-10+. The van der Waals surface area contributed by atoms with Crippen molar-refractivity contribution in [3.8, 4) is 17.2 Å². The highest BCUT2D eigenvalue weighted by atomic mass is 16.5. The predicted octanol–water partition coefficient (Wildman–Crippen LogP) is 4.59. The third kappa shape index (κ3) is 3.52. The van der Waals surface area contributed by atoms with E-state index < -0.39 is 0 Å². The van der Waals surface area contributed by atoms with Crippen molar-refractivity contribution < 1.29 is 9.26 Å². The van der Waals surface area contributed by atoms with E-state index in [1.54, 1.807) is 7.11 Å². The van der Waals surface area contributed by atoms with Gasteiger partial charge in [0, 0.05) is 11.1 Å². The lowest BCUT2D eigenvalue weighted by Gasteiger charge is -2.04. The van der Waals surface area contributed by atoms with Gasteiger partial charge in [-0.3, -0.25) is 0 Å². The SMILES string of the molecule is C=C(C)/C=C(\C=C/C)c1noc(-c2ccc(C)c(OC)c2)n1. The van der Waals surface area contributed by atoms with E-state index in [1.165, 1.54) is 0 Å². The van der Waals surface area contributed by atoms with E-state index in [4.69, 9.17) is 9.26 Å². The Kier molecular flexibility index (Phi) is 4.94. The summed E-state index contributed by atoms with van der Waals surface area (Å²) in [6, 6.07) is 5.80. The Morgan fingerprint density at radius 2 is 2.14 bits per heavy atom. The van der Waals surface area contributed by atoms with Crippen LogP contribution in [-0.4, -0.2) is 17.3 Å². The molecule has 0 atom stereocenters. The summed E-state index contributed by atoms with van der Waals surface area (Å²) in [7, 11) is 1.64. The maximum Gasteiger partial charge on any atom is 0.258 e. The summed E-state index contributed by atoms with van der Waals surface area (Å²) in [6.07, 6.45) is 5.78. The van der Waals surface area contributed by atoms with Crippen molar-refractivity contribution in [3.05, 3.63) is 60.0 Å². The van der Waals surface area contributed by atoms with Crippen LogP contribution < -0.4 is 4.74 Å². The molecule has 0 aliphatic rings. The zero-order valence-electron chi connectivity index (χ0n) is 13.4. The van der Waals surface area contributed by atoms with E-state index in [1.807, 2.05) is 57.2 Å². The summed E-state index contributed by atoms with van der Waals surface area (Å²) < 4.78 is 10.7. The molecule has 0 unspecified atom stereocenters. The number of aromatic nitrogens is 2. The highest BCUT2D eigenvalue weighted by molar-refractivity contribution is 5.72. The van der Waals surface area contributed by atoms with Crippen LogP contribution in [0.15, 0.2) is 53.1 Å². The van der Waals surface area contributed by atoms with Gasteiger partial charge < -0.3 is 9.26 Å². The number of benzene rings is 1. The maximum absolute atomic E-state index is 5.38. The number of methoxy groups -OCH3 is 1. The fraction of sp³-hybridized carbons (Fsp3) is 0.222. The summed E-state index contributed by atoms with van der Waals surface area (Å²) in [6.45, 7) is 9.74. The molecule has 0 saturated carbocycles. The number of nitrogens with zero attached hydrogens (tertiary/aromatic N) is 2. The molecule has 0 N–H and O–H groups in total. The number of rotatable bonds is 5. The van der Waals surface area contributed by atoms with Crippen LogP contribution in [0.4, 0.5) is 0 Å². The Morgan fingerprint density at radius 3 is 2.77 bits per heavy atom. The van der Waals surface area contributed by atoms with Crippen LogP contribution >= 0.6 is 0 Å². The first-order valence-electron chi connectivity index (χ1n) is 7.04. The molecule has 0 fully saturated rings. The lowest BCUT2D eigenvalue weighted by Crippen LogP contribution is -1.89. The van der Waals surface area contributed by atoms with Gasteiger partial charge in [-0.05, 0) is 44.5 Å². The first kappa shape index (κ1) is 15.8.